The molecule has 6 heteroatoms. The smallest absolute Gasteiger partial charge is 0.308 e. The molecule has 1 heterocycles. The van der Waals surface area contributed by atoms with Crippen LogP contribution in [-0.4, -0.2) is 28.3 Å². The molecule has 1 amide bonds. The number of hydrogen-bond donors (Lipinski definition) is 1. The second-order valence-corrected chi connectivity index (χ2v) is 6.29. The molecule has 0 bridgehead atoms. The Morgan fingerprint density at radius 2 is 2.00 bits per heavy atom. The number of para-hydroxylation sites is 1. The lowest BCUT2D eigenvalue weighted by Gasteiger charge is -2.10. The molecule has 1 aliphatic rings. The molecule has 0 atom stereocenters. The Hall–Kier alpha value is -2.63. The van der Waals surface area contributed by atoms with Crippen molar-refractivity contribution in [1.29, 1.82) is 0 Å². The second-order valence-electron chi connectivity index (χ2n) is 6.29. The number of carbonyl (C=O) groups is 2. The van der Waals surface area contributed by atoms with Gasteiger partial charge in [0, 0.05) is 12.0 Å². The van der Waals surface area contributed by atoms with E-state index in [1.165, 1.54) is 0 Å². The molecule has 0 unspecified atom stereocenters. The summed E-state index contributed by atoms with van der Waals surface area (Å²) in [6.07, 6.45) is 2.26. The van der Waals surface area contributed by atoms with Crippen molar-refractivity contribution < 1.29 is 14.3 Å². The molecule has 0 spiro atoms. The van der Waals surface area contributed by atoms with E-state index in [0.29, 0.717) is 11.7 Å². The molecule has 1 N–H and O–H groups in total. The number of ether oxygens (including phenoxy) is 1. The van der Waals surface area contributed by atoms with Crippen LogP contribution in [0.5, 0.6) is 0 Å². The van der Waals surface area contributed by atoms with E-state index < -0.39 is 0 Å². The Bertz CT molecular complexity index is 733. The number of hydrogen-bond acceptors (Lipinski definition) is 4. The minimum atomic E-state index is -0.389. The summed E-state index contributed by atoms with van der Waals surface area (Å²) in [5, 5.41) is 7.40. The molecule has 0 saturated heterocycles. The zero-order valence-corrected chi connectivity index (χ0v) is 13.9. The van der Waals surface area contributed by atoms with Crippen LogP contribution in [0.4, 0.5) is 5.82 Å². The van der Waals surface area contributed by atoms with Crippen molar-refractivity contribution in [2.75, 3.05) is 11.9 Å². The number of nitrogens with one attached hydrogen (secondary N) is 1. The third-order valence-electron chi connectivity index (χ3n) is 3.81. The van der Waals surface area contributed by atoms with Gasteiger partial charge in [-0.05, 0) is 25.0 Å². The van der Waals surface area contributed by atoms with E-state index in [2.05, 4.69) is 10.4 Å². The van der Waals surface area contributed by atoms with Gasteiger partial charge in [0.25, 0.3) is 5.91 Å². The minimum absolute atomic E-state index is 0.255. The van der Waals surface area contributed by atoms with E-state index in [0.717, 1.165) is 24.2 Å². The Morgan fingerprint density at radius 3 is 2.62 bits per heavy atom. The maximum Gasteiger partial charge on any atom is 0.308 e. The summed E-state index contributed by atoms with van der Waals surface area (Å²) in [4.78, 5) is 23.6. The van der Waals surface area contributed by atoms with Crippen LogP contribution in [0.25, 0.3) is 5.69 Å². The number of rotatable bonds is 6. The van der Waals surface area contributed by atoms with Gasteiger partial charge in [-0.25, -0.2) is 4.68 Å². The van der Waals surface area contributed by atoms with Crippen molar-refractivity contribution in [3.8, 4) is 5.69 Å². The van der Waals surface area contributed by atoms with Gasteiger partial charge in [0.05, 0.1) is 17.3 Å². The Morgan fingerprint density at radius 1 is 1.29 bits per heavy atom. The van der Waals surface area contributed by atoms with Gasteiger partial charge >= 0.3 is 5.97 Å². The molecule has 1 aromatic carbocycles. The summed E-state index contributed by atoms with van der Waals surface area (Å²) >= 11 is 0. The first-order valence-electron chi connectivity index (χ1n) is 8.16. The number of benzene rings is 1. The molecule has 1 saturated carbocycles. The number of aromatic nitrogens is 2. The van der Waals surface area contributed by atoms with Crippen LogP contribution in [0.15, 0.2) is 36.4 Å². The van der Waals surface area contributed by atoms with Gasteiger partial charge in [-0.15, -0.1) is 0 Å². The number of carbonyl (C=O) groups excluding carboxylic acids is 2. The van der Waals surface area contributed by atoms with Crippen molar-refractivity contribution in [2.24, 2.45) is 5.92 Å². The lowest BCUT2D eigenvalue weighted by molar-refractivity contribution is -0.150. The molecule has 126 valence electrons. The highest BCUT2D eigenvalue weighted by Gasteiger charge is 2.28. The van der Waals surface area contributed by atoms with Crippen LogP contribution in [0.1, 0.15) is 38.3 Å². The predicted molar refractivity (Wildman–Crippen MR) is 90.0 cm³/mol. The highest BCUT2D eigenvalue weighted by Crippen LogP contribution is 2.40. The molecule has 0 aliphatic heterocycles. The lowest BCUT2D eigenvalue weighted by Crippen LogP contribution is -2.23. The average Bonchev–Trinajstić information content (AvgIpc) is 3.34. The summed E-state index contributed by atoms with van der Waals surface area (Å²) in [7, 11) is 0. The van der Waals surface area contributed by atoms with E-state index >= 15 is 0 Å². The molecule has 3 rings (SSSR count). The summed E-state index contributed by atoms with van der Waals surface area (Å²) < 4.78 is 6.69. The van der Waals surface area contributed by atoms with Gasteiger partial charge in [-0.3, -0.25) is 9.59 Å². The van der Waals surface area contributed by atoms with Gasteiger partial charge in [-0.2, -0.15) is 5.10 Å². The number of nitrogens with zero attached hydrogens (tertiary/aromatic N) is 2. The monoisotopic (exact) mass is 327 g/mol. The molecular weight excluding hydrogens is 306 g/mol. The SMILES string of the molecule is CC(C)C(=O)OCC(=O)Nc1cc(C2CC2)nn1-c1ccccc1. The summed E-state index contributed by atoms with van der Waals surface area (Å²) in [6.45, 7) is 3.16. The van der Waals surface area contributed by atoms with Crippen LogP contribution >= 0.6 is 0 Å². The summed E-state index contributed by atoms with van der Waals surface area (Å²) in [6, 6.07) is 11.5. The van der Waals surface area contributed by atoms with Gasteiger partial charge in [0.1, 0.15) is 5.82 Å². The first-order valence-corrected chi connectivity index (χ1v) is 8.16. The first-order chi connectivity index (χ1) is 11.5. The van der Waals surface area contributed by atoms with Gasteiger partial charge in [-0.1, -0.05) is 32.0 Å². The van der Waals surface area contributed by atoms with Crippen molar-refractivity contribution in [3.05, 3.63) is 42.1 Å². The van der Waals surface area contributed by atoms with Crippen molar-refractivity contribution >= 4 is 17.7 Å². The van der Waals surface area contributed by atoms with Crippen LogP contribution < -0.4 is 5.32 Å². The lowest BCUT2D eigenvalue weighted by atomic mass is 10.2. The van der Waals surface area contributed by atoms with E-state index in [-0.39, 0.29) is 24.4 Å². The van der Waals surface area contributed by atoms with E-state index in [1.54, 1.807) is 18.5 Å². The minimum Gasteiger partial charge on any atom is -0.455 e. The van der Waals surface area contributed by atoms with Crippen LogP contribution in [0.2, 0.25) is 0 Å². The molecule has 2 aromatic rings. The number of amides is 1. The molecule has 1 aliphatic carbocycles. The number of esters is 1. The van der Waals surface area contributed by atoms with Gasteiger partial charge < -0.3 is 10.1 Å². The number of anilines is 1. The fourth-order valence-electron chi connectivity index (χ4n) is 2.32. The fraction of sp³-hybridized carbons (Fsp3) is 0.389. The highest BCUT2D eigenvalue weighted by molar-refractivity contribution is 5.92. The zero-order chi connectivity index (χ0) is 17.1. The van der Waals surface area contributed by atoms with Gasteiger partial charge in [0.15, 0.2) is 6.61 Å². The molecule has 6 nitrogen and oxygen atoms in total. The quantitative estimate of drug-likeness (QED) is 0.828. The molecule has 1 aromatic heterocycles. The third-order valence-corrected chi connectivity index (χ3v) is 3.81. The highest BCUT2D eigenvalue weighted by atomic mass is 16.5. The Labute approximate surface area is 140 Å². The summed E-state index contributed by atoms with van der Waals surface area (Å²) in [5.74, 6) is 0.0519. The standard InChI is InChI=1S/C18H21N3O3/c1-12(2)18(23)24-11-17(22)19-16-10-15(13-8-9-13)20-21(16)14-6-4-3-5-7-14/h3-7,10,12-13H,8-9,11H2,1-2H3,(H,19,22). The predicted octanol–water partition coefficient (Wildman–Crippen LogP) is 2.89. The summed E-state index contributed by atoms with van der Waals surface area (Å²) in [5.41, 5.74) is 1.85. The van der Waals surface area contributed by atoms with Crippen LogP contribution in [-0.2, 0) is 14.3 Å². The van der Waals surface area contributed by atoms with Crippen LogP contribution in [0, 0.1) is 5.92 Å². The van der Waals surface area contributed by atoms with Crippen molar-refractivity contribution in [2.45, 2.75) is 32.6 Å². The maximum atomic E-state index is 12.1. The van der Waals surface area contributed by atoms with E-state index in [9.17, 15) is 9.59 Å². The zero-order valence-electron chi connectivity index (χ0n) is 13.9. The average molecular weight is 327 g/mol. The fourth-order valence-corrected chi connectivity index (χ4v) is 2.32. The third kappa shape index (κ3) is 3.82. The van der Waals surface area contributed by atoms with Gasteiger partial charge in [0.2, 0.25) is 0 Å². The Kier molecular flexibility index (Phi) is 4.64. The van der Waals surface area contributed by atoms with Crippen molar-refractivity contribution in [1.82, 2.24) is 9.78 Å². The normalized spacial score (nSPS) is 13.8. The van der Waals surface area contributed by atoms with Crippen molar-refractivity contribution in [3.63, 3.8) is 0 Å². The largest absolute Gasteiger partial charge is 0.455 e. The first kappa shape index (κ1) is 16.2. The molecular formula is C18H21N3O3. The second kappa shape index (κ2) is 6.86. The maximum absolute atomic E-state index is 12.1. The topological polar surface area (TPSA) is 73.2 Å². The van der Waals surface area contributed by atoms with E-state index in [1.807, 2.05) is 36.4 Å². The van der Waals surface area contributed by atoms with E-state index in [4.69, 9.17) is 4.74 Å². The Balaban J connectivity index is 1.74. The molecule has 0 radical (unpaired) electrons. The molecule has 1 fully saturated rings. The van der Waals surface area contributed by atoms with Crippen LogP contribution in [0.3, 0.4) is 0 Å². The molecule has 24 heavy (non-hydrogen) atoms.